The van der Waals surface area contributed by atoms with Crippen molar-refractivity contribution in [1.82, 2.24) is 28.7 Å². The molecule has 4 aromatic heterocycles. The fourth-order valence-electron chi connectivity index (χ4n) is 18.1. The maximum absolute atomic E-state index is 5.88. The van der Waals surface area contributed by atoms with Crippen LogP contribution in [0.3, 0.4) is 0 Å². The quantitative estimate of drug-likeness (QED) is 0.173. The second kappa shape index (κ2) is 18.6. The van der Waals surface area contributed by atoms with E-state index in [1.807, 2.05) is 0 Å². The van der Waals surface area contributed by atoms with Crippen LogP contribution in [0.5, 0.6) is 0 Å². The number of nitrogens with zero attached hydrogens (tertiary/aromatic N) is 6. The van der Waals surface area contributed by atoms with Crippen molar-refractivity contribution in [3.8, 4) is 84.6 Å². The van der Waals surface area contributed by atoms with Crippen molar-refractivity contribution in [2.24, 2.45) is 0 Å². The van der Waals surface area contributed by atoms with Crippen molar-refractivity contribution >= 4 is 65.4 Å². The van der Waals surface area contributed by atoms with Gasteiger partial charge in [0.05, 0.1) is 43.9 Å². The zero-order valence-electron chi connectivity index (χ0n) is 51.2. The Morgan fingerprint density at radius 3 is 0.989 bits per heavy atom. The maximum Gasteiger partial charge on any atom is 0.238 e. The van der Waals surface area contributed by atoms with Crippen molar-refractivity contribution in [2.75, 3.05) is 0 Å². The Bertz CT molecular complexity index is 6310. The normalized spacial score (nSPS) is 14.9. The van der Waals surface area contributed by atoms with Crippen molar-refractivity contribution in [2.45, 2.75) is 10.8 Å². The lowest BCUT2D eigenvalue weighted by Gasteiger charge is -2.31. The molecule has 6 heteroatoms. The summed E-state index contributed by atoms with van der Waals surface area (Å²) in [6, 6.07) is 117. The molecule has 4 aliphatic carbocycles. The molecule has 0 saturated heterocycles. The second-order valence-electron chi connectivity index (χ2n) is 26.0. The summed E-state index contributed by atoms with van der Waals surface area (Å²) in [5, 5.41) is 7.03. The van der Waals surface area contributed by atoms with Crippen molar-refractivity contribution < 1.29 is 0 Å². The van der Waals surface area contributed by atoms with Crippen molar-refractivity contribution in [3.05, 3.63) is 360 Å². The topological polar surface area (TPSA) is 53.5 Å². The number of para-hydroxylation sites is 5. The van der Waals surface area contributed by atoms with E-state index >= 15 is 0 Å². The number of benzene rings is 14. The summed E-state index contributed by atoms with van der Waals surface area (Å²) in [7, 11) is 0. The molecule has 95 heavy (non-hydrogen) atoms. The van der Waals surface area contributed by atoms with Gasteiger partial charge in [-0.15, -0.1) is 0 Å². The third-order valence-electron chi connectivity index (χ3n) is 21.7. The van der Waals surface area contributed by atoms with Gasteiger partial charge in [0.2, 0.25) is 5.95 Å². The molecule has 0 radical (unpaired) electrons. The first kappa shape index (κ1) is 51.1. The van der Waals surface area contributed by atoms with Gasteiger partial charge in [0, 0.05) is 54.8 Å². The van der Waals surface area contributed by atoms with Crippen LogP contribution in [0.25, 0.3) is 150 Å². The lowest BCUT2D eigenvalue weighted by Crippen LogP contribution is -2.26. The predicted molar refractivity (Wildman–Crippen MR) is 386 cm³/mol. The summed E-state index contributed by atoms with van der Waals surface area (Å²) in [5.74, 6) is 1.71. The van der Waals surface area contributed by atoms with E-state index in [4.69, 9.17) is 15.0 Å². The second-order valence-corrected chi connectivity index (χ2v) is 26.0. The van der Waals surface area contributed by atoms with Crippen molar-refractivity contribution in [3.63, 3.8) is 0 Å². The molecule has 0 bridgehead atoms. The van der Waals surface area contributed by atoms with Gasteiger partial charge in [0.1, 0.15) is 0 Å². The van der Waals surface area contributed by atoms with Crippen LogP contribution in [0.1, 0.15) is 44.5 Å². The minimum absolute atomic E-state index is 0.537. The Morgan fingerprint density at radius 1 is 0.211 bits per heavy atom. The highest BCUT2D eigenvalue weighted by Crippen LogP contribution is 2.65. The summed E-state index contributed by atoms with van der Waals surface area (Å²) in [4.78, 5) is 17.6. The molecule has 0 aliphatic heterocycles. The van der Waals surface area contributed by atoms with E-state index in [1.165, 1.54) is 116 Å². The van der Waals surface area contributed by atoms with Gasteiger partial charge in [0.25, 0.3) is 0 Å². The standard InChI is InChI=1S/C89H52N6/c1-2-22-55(23-3-1)94-81-40-20-11-31-67(81)69-48-49-70-68-32-12-21-41-82(68)95(84(70)83(69)94)87-91-85(53-42-45-62-59-26-6-15-35-73(59)88(76(62)50-53)71-33-13-4-24-57(71)58-25-5-14-34-72(58)88)90-86(92-87)54-43-46-63-60-27-7-16-36-74(60)89(77(63)51-54)75-37-17-8-28-61(75)64-47-44-56(52-78(64)89)93-79-38-18-9-29-65(79)66-30-10-19-39-80(66)93/h1-52H. The smallest absolute Gasteiger partial charge is 0.238 e. The van der Waals surface area contributed by atoms with Crippen LogP contribution in [-0.2, 0) is 10.8 Å². The van der Waals surface area contributed by atoms with E-state index in [0.29, 0.717) is 17.6 Å². The van der Waals surface area contributed by atoms with Crippen LogP contribution in [0, 0.1) is 0 Å². The molecule has 14 aromatic carbocycles. The molecule has 6 nitrogen and oxygen atoms in total. The van der Waals surface area contributed by atoms with Crippen LogP contribution in [0.2, 0.25) is 0 Å². The van der Waals surface area contributed by atoms with E-state index in [2.05, 4.69) is 329 Å². The molecule has 0 saturated carbocycles. The fourth-order valence-corrected chi connectivity index (χ4v) is 18.1. The molecular formula is C89H52N6. The van der Waals surface area contributed by atoms with Gasteiger partial charge in [-0.2, -0.15) is 9.97 Å². The predicted octanol–water partition coefficient (Wildman–Crippen LogP) is 21.2. The highest BCUT2D eigenvalue weighted by atomic mass is 15.2. The van der Waals surface area contributed by atoms with Crippen LogP contribution in [0.15, 0.2) is 315 Å². The Morgan fingerprint density at radius 2 is 0.537 bits per heavy atom. The molecule has 2 spiro atoms. The van der Waals surface area contributed by atoms with Crippen LogP contribution in [0.4, 0.5) is 0 Å². The van der Waals surface area contributed by atoms with Gasteiger partial charge >= 0.3 is 0 Å². The monoisotopic (exact) mass is 1200 g/mol. The average Bonchev–Trinajstić information content (AvgIpc) is 1.52. The minimum Gasteiger partial charge on any atom is -0.309 e. The summed E-state index contributed by atoms with van der Waals surface area (Å²) in [6.45, 7) is 0. The van der Waals surface area contributed by atoms with Gasteiger partial charge < -0.3 is 9.13 Å². The zero-order valence-corrected chi connectivity index (χ0v) is 51.2. The molecular weight excluding hydrogens is 1150 g/mol. The minimum atomic E-state index is -0.693. The zero-order chi connectivity index (χ0) is 61.8. The molecule has 4 aliphatic rings. The van der Waals surface area contributed by atoms with Crippen LogP contribution >= 0.6 is 0 Å². The number of hydrogen-bond acceptors (Lipinski definition) is 3. The lowest BCUT2D eigenvalue weighted by atomic mass is 9.70. The Balaban J connectivity index is 0.832. The van der Waals surface area contributed by atoms with Gasteiger partial charge in [-0.25, -0.2) is 4.98 Å². The fraction of sp³-hybridized carbons (Fsp3) is 0.0225. The van der Waals surface area contributed by atoms with E-state index in [9.17, 15) is 0 Å². The SMILES string of the molecule is c1ccc(-n2c3ccccc3c3ccc4c5ccccc5n(-c5nc(-c6ccc7c(c6)C6(c8ccccc8-c8ccccc86)c6ccccc6-7)nc(-c6ccc7c(c6)C6(c8ccccc8-7)c7ccccc7-c7ccc(-n8c9ccccc9c9ccccc98)cc76)n5)c4c32)cc1. The van der Waals surface area contributed by atoms with E-state index in [1.54, 1.807) is 0 Å². The molecule has 1 atom stereocenters. The molecule has 0 amide bonds. The third kappa shape index (κ3) is 6.45. The average molecular weight is 1210 g/mol. The number of fused-ring (bicyclic) bond motifs is 30. The molecule has 4 heterocycles. The summed E-state index contributed by atoms with van der Waals surface area (Å²) in [5.41, 5.74) is 29.3. The highest BCUT2D eigenvalue weighted by Gasteiger charge is 2.53. The van der Waals surface area contributed by atoms with Crippen molar-refractivity contribution in [1.29, 1.82) is 0 Å². The molecule has 438 valence electrons. The van der Waals surface area contributed by atoms with E-state index in [-0.39, 0.29) is 0 Å². The lowest BCUT2D eigenvalue weighted by molar-refractivity contribution is 0.792. The molecule has 18 aromatic rings. The molecule has 0 N–H and O–H groups in total. The Hall–Kier alpha value is -12.5. The summed E-state index contributed by atoms with van der Waals surface area (Å²) >= 11 is 0. The molecule has 22 rings (SSSR count). The summed E-state index contributed by atoms with van der Waals surface area (Å²) in [6.07, 6.45) is 0. The Labute approximate surface area is 546 Å². The van der Waals surface area contributed by atoms with E-state index < -0.39 is 10.8 Å². The number of aromatic nitrogens is 6. The number of rotatable bonds is 5. The molecule has 1 unspecified atom stereocenters. The molecule has 0 fully saturated rings. The highest BCUT2D eigenvalue weighted by molar-refractivity contribution is 6.24. The number of hydrogen-bond donors (Lipinski definition) is 0. The van der Waals surface area contributed by atoms with Gasteiger partial charge in [0.15, 0.2) is 11.6 Å². The van der Waals surface area contributed by atoms with Gasteiger partial charge in [-0.3, -0.25) is 4.57 Å². The Kier molecular flexibility index (Phi) is 10.0. The first-order valence-electron chi connectivity index (χ1n) is 32.8. The first-order chi connectivity index (χ1) is 47.1. The maximum atomic E-state index is 5.88. The first-order valence-corrected chi connectivity index (χ1v) is 32.8. The van der Waals surface area contributed by atoms with Gasteiger partial charge in [-0.1, -0.05) is 255 Å². The van der Waals surface area contributed by atoms with Crippen LogP contribution < -0.4 is 0 Å². The van der Waals surface area contributed by atoms with Gasteiger partial charge in [-0.05, 0) is 150 Å². The third-order valence-corrected chi connectivity index (χ3v) is 21.7. The van der Waals surface area contributed by atoms with E-state index in [0.717, 1.165) is 60.7 Å². The van der Waals surface area contributed by atoms with Crippen LogP contribution in [-0.4, -0.2) is 28.7 Å². The summed E-state index contributed by atoms with van der Waals surface area (Å²) < 4.78 is 7.22. The largest absolute Gasteiger partial charge is 0.309 e.